The predicted molar refractivity (Wildman–Crippen MR) is 87.2 cm³/mol. The monoisotopic (exact) mass is 348 g/mol. The molecular weight excluding hydrogens is 328 g/mol. The van der Waals surface area contributed by atoms with Gasteiger partial charge in [0.15, 0.2) is 0 Å². The fourth-order valence-electron chi connectivity index (χ4n) is 3.91. The summed E-state index contributed by atoms with van der Waals surface area (Å²) in [5.41, 5.74) is -0.110. The van der Waals surface area contributed by atoms with Crippen LogP contribution in [-0.2, 0) is 23.2 Å². The highest BCUT2D eigenvalue weighted by Gasteiger charge is 2.61. The van der Waals surface area contributed by atoms with Crippen LogP contribution in [0.15, 0.2) is 14.7 Å². The van der Waals surface area contributed by atoms with Crippen molar-refractivity contribution in [3.8, 4) is 12.3 Å². The van der Waals surface area contributed by atoms with Gasteiger partial charge in [-0.3, -0.25) is 0 Å². The number of hydrogen-bond acceptors (Lipinski definition) is 6. The molecule has 0 unspecified atom stereocenters. The van der Waals surface area contributed by atoms with Crippen LogP contribution < -0.4 is 11.4 Å². The van der Waals surface area contributed by atoms with E-state index in [4.69, 9.17) is 16.0 Å². The van der Waals surface area contributed by atoms with Crippen LogP contribution in [0.2, 0.25) is 0 Å². The topological polar surface area (TPSA) is 103 Å². The lowest BCUT2D eigenvalue weighted by Crippen LogP contribution is -2.53. The Morgan fingerprint density at radius 1 is 1.44 bits per heavy atom. The summed E-state index contributed by atoms with van der Waals surface area (Å²) in [6.07, 6.45) is 5.56. The van der Waals surface area contributed by atoms with E-state index in [2.05, 4.69) is 11.1 Å². The normalized spacial score (nSPS) is 34.0. The Labute approximate surface area is 143 Å². The van der Waals surface area contributed by atoms with Crippen molar-refractivity contribution in [3.05, 3.63) is 21.0 Å². The van der Waals surface area contributed by atoms with Crippen molar-refractivity contribution in [2.45, 2.75) is 50.2 Å². The van der Waals surface area contributed by atoms with Gasteiger partial charge in [-0.25, -0.2) is 23.5 Å². The second-order valence-electron chi connectivity index (χ2n) is 6.65. The molecule has 2 aliphatic heterocycles. The number of nitrogens with zero attached hydrogens (tertiary/aromatic N) is 4. The van der Waals surface area contributed by atoms with Crippen LogP contribution in [0.1, 0.15) is 25.3 Å². The number of fused-ring (bicyclic) bond motifs is 4. The number of hydrogen-bond donors (Lipinski definition) is 1. The largest absolute Gasteiger partial charge is 0.396 e. The van der Waals surface area contributed by atoms with Crippen LogP contribution in [0.3, 0.4) is 0 Å². The van der Waals surface area contributed by atoms with Crippen LogP contribution in [0.5, 0.6) is 0 Å². The van der Waals surface area contributed by atoms with Gasteiger partial charge in [0, 0.05) is 25.9 Å². The quantitative estimate of drug-likeness (QED) is 0.320. The Morgan fingerprint density at radius 2 is 2.24 bits per heavy atom. The van der Waals surface area contributed by atoms with Gasteiger partial charge < -0.3 is 14.7 Å². The second-order valence-corrected chi connectivity index (χ2v) is 6.65. The number of ether oxygens (including phenoxy) is 1. The first-order chi connectivity index (χ1) is 12.1. The minimum absolute atomic E-state index is 0.203. The van der Waals surface area contributed by atoms with E-state index in [0.29, 0.717) is 38.1 Å². The Hall–Kier alpha value is -2.31. The summed E-state index contributed by atoms with van der Waals surface area (Å²) in [5.74, 6) is 2.34. The van der Waals surface area contributed by atoms with Crippen molar-refractivity contribution < 1.29 is 14.7 Å². The van der Waals surface area contributed by atoms with Crippen LogP contribution >= 0.6 is 0 Å². The molecule has 1 aromatic rings. The summed E-state index contributed by atoms with van der Waals surface area (Å²) in [6, 6.07) is -0.577. The van der Waals surface area contributed by atoms with Crippen molar-refractivity contribution in [1.29, 1.82) is 0 Å². The molecule has 3 aliphatic rings. The van der Waals surface area contributed by atoms with Crippen LogP contribution in [0.25, 0.3) is 0 Å². The number of rotatable bonds is 4. The molecule has 1 N–H and O–H groups in total. The molecule has 0 amide bonds. The van der Waals surface area contributed by atoms with E-state index in [0.717, 1.165) is 4.57 Å². The highest BCUT2D eigenvalue weighted by molar-refractivity contribution is 5.94. The lowest BCUT2D eigenvalue weighted by atomic mass is 9.78. The van der Waals surface area contributed by atoms with Gasteiger partial charge in [-0.05, 0) is 12.8 Å². The number of unbranched alkanes of at least 4 members (excludes halogenated alkanes) is 1. The zero-order valence-electron chi connectivity index (χ0n) is 13.9. The number of aliphatic hydroxyl groups is 1. The van der Waals surface area contributed by atoms with E-state index in [-0.39, 0.29) is 17.7 Å². The molecule has 2 fully saturated rings. The van der Waals surface area contributed by atoms with Gasteiger partial charge in [-0.15, -0.1) is 12.3 Å². The zero-order chi connectivity index (χ0) is 17.7. The third-order valence-corrected chi connectivity index (χ3v) is 5.21. The second kappa shape index (κ2) is 5.89. The van der Waals surface area contributed by atoms with Crippen molar-refractivity contribution in [1.82, 2.24) is 13.9 Å². The molecule has 5 atom stereocenters. The molecule has 4 rings (SSSR count). The molecular formula is C16H20N4O5. The fraction of sp³-hybridized carbons (Fsp3) is 0.688. The summed E-state index contributed by atoms with van der Waals surface area (Å²) in [4.78, 5) is 30.0. The molecule has 9 heteroatoms. The average Bonchev–Trinajstić information content (AvgIpc) is 3.38. The first-order valence-corrected chi connectivity index (χ1v) is 8.41. The maximum absolute atomic E-state index is 12.5. The molecule has 0 bridgehead atoms. The molecule has 1 aliphatic carbocycles. The van der Waals surface area contributed by atoms with Gasteiger partial charge in [-0.1, -0.05) is 5.16 Å². The maximum atomic E-state index is 12.5. The van der Waals surface area contributed by atoms with Crippen LogP contribution in [-0.4, -0.2) is 49.7 Å². The third-order valence-electron chi connectivity index (χ3n) is 5.21. The van der Waals surface area contributed by atoms with Gasteiger partial charge in [0.1, 0.15) is 24.9 Å². The molecule has 1 saturated carbocycles. The summed E-state index contributed by atoms with van der Waals surface area (Å²) in [7, 11) is 1.44. The van der Waals surface area contributed by atoms with Crippen molar-refractivity contribution in [3.63, 3.8) is 0 Å². The predicted octanol–water partition coefficient (Wildman–Crippen LogP) is -1.16. The molecule has 1 aromatic heterocycles. The summed E-state index contributed by atoms with van der Waals surface area (Å²) in [5, 5.41) is 14.8. The molecule has 0 aromatic carbocycles. The Kier molecular flexibility index (Phi) is 3.81. The number of aromatic nitrogens is 3. The standard InChI is InChI=1S/C16H20N4O5/c1-3-4-5-8-24-17-10-9-6-7-19-15(22)18(2)16(23)20(19)11(9)12(21)14-13(10)25-14/h1,9,11-14,21H,4-8H2,2H3/b17-10+/t9-,11+,12-,13+,14+/m0/s1. The fourth-order valence-corrected chi connectivity index (χ4v) is 3.91. The van der Waals surface area contributed by atoms with Gasteiger partial charge in [-0.2, -0.15) is 0 Å². The van der Waals surface area contributed by atoms with Crippen LogP contribution in [0, 0.1) is 18.3 Å². The van der Waals surface area contributed by atoms with Crippen molar-refractivity contribution in [2.24, 2.45) is 18.1 Å². The first-order valence-electron chi connectivity index (χ1n) is 8.41. The number of epoxide rings is 1. The van der Waals surface area contributed by atoms with E-state index < -0.39 is 23.9 Å². The number of aliphatic hydroxyl groups excluding tert-OH is 1. The minimum atomic E-state index is -0.860. The average molecular weight is 348 g/mol. The lowest BCUT2D eigenvalue weighted by Gasteiger charge is -2.38. The number of terminal acetylenes is 1. The summed E-state index contributed by atoms with van der Waals surface area (Å²) >= 11 is 0. The van der Waals surface area contributed by atoms with E-state index >= 15 is 0 Å². The van der Waals surface area contributed by atoms with Gasteiger partial charge in [0.2, 0.25) is 0 Å². The number of oxime groups is 1. The summed E-state index contributed by atoms with van der Waals surface area (Å²) < 4.78 is 9.36. The van der Waals surface area contributed by atoms with Crippen molar-refractivity contribution in [2.75, 3.05) is 6.61 Å². The molecule has 134 valence electrons. The van der Waals surface area contributed by atoms with E-state index in [9.17, 15) is 14.7 Å². The molecule has 3 heterocycles. The molecule has 1 saturated heterocycles. The van der Waals surface area contributed by atoms with E-state index in [1.165, 1.54) is 16.4 Å². The molecule has 25 heavy (non-hydrogen) atoms. The van der Waals surface area contributed by atoms with Gasteiger partial charge in [0.05, 0.1) is 11.8 Å². The first kappa shape index (κ1) is 16.2. The van der Waals surface area contributed by atoms with Crippen LogP contribution in [0.4, 0.5) is 0 Å². The highest BCUT2D eigenvalue weighted by atomic mass is 16.6. The molecule has 9 nitrogen and oxygen atoms in total. The van der Waals surface area contributed by atoms with Gasteiger partial charge >= 0.3 is 11.4 Å². The zero-order valence-corrected chi connectivity index (χ0v) is 13.9. The maximum Gasteiger partial charge on any atom is 0.347 e. The minimum Gasteiger partial charge on any atom is -0.396 e. The Morgan fingerprint density at radius 3 is 3.00 bits per heavy atom. The Bertz CT molecular complexity index is 873. The molecule has 0 radical (unpaired) electrons. The molecule has 0 spiro atoms. The Balaban J connectivity index is 1.66. The smallest absolute Gasteiger partial charge is 0.347 e. The van der Waals surface area contributed by atoms with Crippen molar-refractivity contribution >= 4 is 5.71 Å². The van der Waals surface area contributed by atoms with E-state index in [1.54, 1.807) is 0 Å². The SMILES string of the molecule is C#CCCCO/N=C1/[C@H]2O[C@@H]2[C@@H](O)[C@H]2[C@H]1CCn1c(=O)n(C)c(=O)n12. The van der Waals surface area contributed by atoms with Gasteiger partial charge in [0.25, 0.3) is 0 Å². The van der Waals surface area contributed by atoms with E-state index in [1.807, 2.05) is 0 Å². The summed E-state index contributed by atoms with van der Waals surface area (Å²) in [6.45, 7) is 0.789. The lowest BCUT2D eigenvalue weighted by molar-refractivity contribution is 0.0323. The highest BCUT2D eigenvalue weighted by Crippen LogP contribution is 2.46. The third kappa shape index (κ3) is 2.36.